The number of benzene rings is 2. The van der Waals surface area contributed by atoms with E-state index in [4.69, 9.17) is 0 Å². The van der Waals surface area contributed by atoms with E-state index in [2.05, 4.69) is 15.3 Å². The SMILES string of the molecule is CCNC(=O)Cc1nc(-c2ccccc2)nc2ccccc12. The van der Waals surface area contributed by atoms with Crippen molar-refractivity contribution in [3.63, 3.8) is 0 Å². The molecule has 4 nitrogen and oxygen atoms in total. The summed E-state index contributed by atoms with van der Waals surface area (Å²) in [5, 5.41) is 3.74. The van der Waals surface area contributed by atoms with Gasteiger partial charge in [0.1, 0.15) is 0 Å². The Hall–Kier alpha value is -2.75. The van der Waals surface area contributed by atoms with E-state index in [-0.39, 0.29) is 12.3 Å². The molecule has 0 aliphatic heterocycles. The fourth-order valence-electron chi connectivity index (χ4n) is 2.41. The Balaban J connectivity index is 2.10. The predicted octanol–water partition coefficient (Wildman–Crippen LogP) is 2.98. The van der Waals surface area contributed by atoms with Crippen LogP contribution in [-0.4, -0.2) is 22.4 Å². The molecule has 0 aliphatic carbocycles. The summed E-state index contributed by atoms with van der Waals surface area (Å²) in [4.78, 5) is 21.2. The summed E-state index contributed by atoms with van der Waals surface area (Å²) in [6, 6.07) is 17.6. The monoisotopic (exact) mass is 291 g/mol. The van der Waals surface area contributed by atoms with Gasteiger partial charge in [0.15, 0.2) is 5.82 Å². The third-order valence-electron chi connectivity index (χ3n) is 3.42. The lowest BCUT2D eigenvalue weighted by atomic mass is 10.1. The second kappa shape index (κ2) is 6.35. The molecule has 0 atom stereocenters. The van der Waals surface area contributed by atoms with Gasteiger partial charge in [-0.3, -0.25) is 4.79 Å². The van der Waals surface area contributed by atoms with Gasteiger partial charge in [0, 0.05) is 17.5 Å². The highest BCUT2D eigenvalue weighted by atomic mass is 16.1. The van der Waals surface area contributed by atoms with Crippen LogP contribution in [0.3, 0.4) is 0 Å². The number of likely N-dealkylation sites (N-methyl/N-ethyl adjacent to an activating group) is 1. The molecule has 1 aromatic heterocycles. The second-order valence-electron chi connectivity index (χ2n) is 5.01. The highest BCUT2D eigenvalue weighted by Gasteiger charge is 2.12. The largest absolute Gasteiger partial charge is 0.356 e. The number of aromatic nitrogens is 2. The van der Waals surface area contributed by atoms with Gasteiger partial charge in [-0.05, 0) is 13.0 Å². The maximum Gasteiger partial charge on any atom is 0.226 e. The van der Waals surface area contributed by atoms with Crippen LogP contribution in [-0.2, 0) is 11.2 Å². The minimum atomic E-state index is -0.0228. The molecule has 4 heteroatoms. The van der Waals surface area contributed by atoms with Crippen LogP contribution in [0, 0.1) is 0 Å². The molecule has 0 unspecified atom stereocenters. The van der Waals surface area contributed by atoms with Crippen molar-refractivity contribution in [3.05, 3.63) is 60.3 Å². The summed E-state index contributed by atoms with van der Waals surface area (Å²) in [5.41, 5.74) is 2.57. The number of nitrogens with zero attached hydrogens (tertiary/aromatic N) is 2. The van der Waals surface area contributed by atoms with Gasteiger partial charge in [-0.25, -0.2) is 9.97 Å². The van der Waals surface area contributed by atoms with Crippen molar-refractivity contribution in [2.75, 3.05) is 6.54 Å². The molecule has 1 heterocycles. The summed E-state index contributed by atoms with van der Waals surface area (Å²) in [6.45, 7) is 2.53. The number of amides is 1. The number of hydrogen-bond acceptors (Lipinski definition) is 3. The Morgan fingerprint density at radius 3 is 2.50 bits per heavy atom. The number of hydrogen-bond donors (Lipinski definition) is 1. The molecule has 1 N–H and O–H groups in total. The van der Waals surface area contributed by atoms with Crippen molar-refractivity contribution >= 4 is 16.8 Å². The van der Waals surface area contributed by atoms with Gasteiger partial charge in [0.05, 0.1) is 17.6 Å². The number of carbonyl (C=O) groups excluding carboxylic acids is 1. The van der Waals surface area contributed by atoms with E-state index in [0.29, 0.717) is 12.4 Å². The van der Waals surface area contributed by atoms with E-state index in [9.17, 15) is 4.79 Å². The molecule has 3 rings (SSSR count). The molecule has 0 saturated carbocycles. The molecule has 3 aromatic rings. The zero-order chi connectivity index (χ0) is 15.4. The first-order valence-corrected chi connectivity index (χ1v) is 7.35. The third-order valence-corrected chi connectivity index (χ3v) is 3.42. The Bertz CT molecular complexity index is 800. The van der Waals surface area contributed by atoms with E-state index in [1.807, 2.05) is 61.5 Å². The molecule has 0 bridgehead atoms. The average molecular weight is 291 g/mol. The third kappa shape index (κ3) is 2.96. The normalized spacial score (nSPS) is 10.6. The summed E-state index contributed by atoms with van der Waals surface area (Å²) in [5.74, 6) is 0.629. The van der Waals surface area contributed by atoms with Crippen molar-refractivity contribution in [3.8, 4) is 11.4 Å². The van der Waals surface area contributed by atoms with Gasteiger partial charge < -0.3 is 5.32 Å². The molecule has 0 aliphatic rings. The van der Waals surface area contributed by atoms with Crippen LogP contribution in [0.25, 0.3) is 22.3 Å². The molecule has 1 amide bonds. The summed E-state index contributed by atoms with van der Waals surface area (Å²) in [6.07, 6.45) is 0.261. The first-order chi connectivity index (χ1) is 10.8. The number of carbonyl (C=O) groups is 1. The number of para-hydroxylation sites is 1. The van der Waals surface area contributed by atoms with Gasteiger partial charge >= 0.3 is 0 Å². The highest BCUT2D eigenvalue weighted by molar-refractivity contribution is 5.88. The fourth-order valence-corrected chi connectivity index (χ4v) is 2.41. The van der Waals surface area contributed by atoms with Gasteiger partial charge in [-0.15, -0.1) is 0 Å². The standard InChI is InChI=1S/C18H17N3O/c1-2-19-17(22)12-16-14-10-6-7-11-15(14)20-18(21-16)13-8-4-3-5-9-13/h3-11H,2,12H2,1H3,(H,19,22). The zero-order valence-electron chi connectivity index (χ0n) is 12.4. The first-order valence-electron chi connectivity index (χ1n) is 7.35. The molecular formula is C18H17N3O. The van der Waals surface area contributed by atoms with Crippen LogP contribution >= 0.6 is 0 Å². The quantitative estimate of drug-likeness (QED) is 0.804. The molecule has 2 aromatic carbocycles. The van der Waals surface area contributed by atoms with Gasteiger partial charge in [0.25, 0.3) is 0 Å². The van der Waals surface area contributed by atoms with E-state index in [1.165, 1.54) is 0 Å². The highest BCUT2D eigenvalue weighted by Crippen LogP contribution is 2.21. The molecular weight excluding hydrogens is 274 g/mol. The molecule has 22 heavy (non-hydrogen) atoms. The van der Waals surface area contributed by atoms with E-state index >= 15 is 0 Å². The van der Waals surface area contributed by atoms with E-state index < -0.39 is 0 Å². The number of nitrogens with one attached hydrogen (secondary N) is 1. The van der Waals surface area contributed by atoms with Crippen LogP contribution in [0.2, 0.25) is 0 Å². The van der Waals surface area contributed by atoms with Crippen LogP contribution < -0.4 is 5.32 Å². The van der Waals surface area contributed by atoms with Crippen LogP contribution in [0.4, 0.5) is 0 Å². The fraction of sp³-hybridized carbons (Fsp3) is 0.167. The topological polar surface area (TPSA) is 54.9 Å². The number of fused-ring (bicyclic) bond motifs is 1. The summed E-state index contributed by atoms with van der Waals surface area (Å²) < 4.78 is 0. The minimum Gasteiger partial charge on any atom is -0.356 e. The predicted molar refractivity (Wildman–Crippen MR) is 87.4 cm³/mol. The van der Waals surface area contributed by atoms with Gasteiger partial charge in [-0.1, -0.05) is 48.5 Å². The van der Waals surface area contributed by atoms with Gasteiger partial charge in [0.2, 0.25) is 5.91 Å². The molecule has 110 valence electrons. The van der Waals surface area contributed by atoms with Crippen molar-refractivity contribution in [1.82, 2.24) is 15.3 Å². The van der Waals surface area contributed by atoms with Crippen molar-refractivity contribution < 1.29 is 4.79 Å². The van der Waals surface area contributed by atoms with E-state index in [0.717, 1.165) is 22.2 Å². The zero-order valence-corrected chi connectivity index (χ0v) is 12.4. The first kappa shape index (κ1) is 14.2. The lowest BCUT2D eigenvalue weighted by molar-refractivity contribution is -0.120. The van der Waals surface area contributed by atoms with Gasteiger partial charge in [-0.2, -0.15) is 0 Å². The Labute approximate surface area is 129 Å². The van der Waals surface area contributed by atoms with Crippen LogP contribution in [0.1, 0.15) is 12.6 Å². The smallest absolute Gasteiger partial charge is 0.226 e. The minimum absolute atomic E-state index is 0.0228. The van der Waals surface area contributed by atoms with Crippen LogP contribution in [0.15, 0.2) is 54.6 Å². The molecule has 0 fully saturated rings. The lowest BCUT2D eigenvalue weighted by Crippen LogP contribution is -2.25. The Kier molecular flexibility index (Phi) is 4.10. The Morgan fingerprint density at radius 1 is 1.00 bits per heavy atom. The molecule has 0 radical (unpaired) electrons. The molecule has 0 saturated heterocycles. The second-order valence-corrected chi connectivity index (χ2v) is 5.01. The van der Waals surface area contributed by atoms with Crippen molar-refractivity contribution in [1.29, 1.82) is 0 Å². The van der Waals surface area contributed by atoms with Crippen LogP contribution in [0.5, 0.6) is 0 Å². The lowest BCUT2D eigenvalue weighted by Gasteiger charge is -2.09. The molecule has 0 spiro atoms. The van der Waals surface area contributed by atoms with E-state index in [1.54, 1.807) is 0 Å². The maximum atomic E-state index is 11.9. The number of rotatable bonds is 4. The van der Waals surface area contributed by atoms with Crippen molar-refractivity contribution in [2.24, 2.45) is 0 Å². The summed E-state index contributed by atoms with van der Waals surface area (Å²) in [7, 11) is 0. The Morgan fingerprint density at radius 2 is 1.73 bits per heavy atom. The summed E-state index contributed by atoms with van der Waals surface area (Å²) >= 11 is 0. The average Bonchev–Trinajstić information content (AvgIpc) is 2.56. The maximum absolute atomic E-state index is 11.9. The van der Waals surface area contributed by atoms with Crippen molar-refractivity contribution in [2.45, 2.75) is 13.3 Å².